The fourth-order valence-electron chi connectivity index (χ4n) is 1.05. The summed E-state index contributed by atoms with van der Waals surface area (Å²) in [6, 6.07) is 4.94. The Labute approximate surface area is 86.1 Å². The molecule has 0 unspecified atom stereocenters. The molecule has 0 amide bonds. The highest BCUT2D eigenvalue weighted by Crippen LogP contribution is 2.31. The lowest BCUT2D eigenvalue weighted by molar-refractivity contribution is -0.138. The molecule has 0 aliphatic heterocycles. The van der Waals surface area contributed by atoms with Crippen molar-refractivity contribution in [2.75, 3.05) is 0 Å². The van der Waals surface area contributed by atoms with Gasteiger partial charge in [0.05, 0.1) is 5.92 Å². The highest BCUT2D eigenvalue weighted by molar-refractivity contribution is 6.36. The van der Waals surface area contributed by atoms with E-state index in [9.17, 15) is 4.79 Å². The first-order valence-electron chi connectivity index (χ1n) is 3.70. The molecule has 0 aliphatic rings. The molecule has 4 heteroatoms. The molecule has 1 aromatic carbocycles. The maximum Gasteiger partial charge on any atom is 0.310 e. The van der Waals surface area contributed by atoms with Gasteiger partial charge in [0.2, 0.25) is 0 Å². The van der Waals surface area contributed by atoms with Crippen LogP contribution in [0.3, 0.4) is 0 Å². The van der Waals surface area contributed by atoms with Crippen LogP contribution in [-0.4, -0.2) is 11.1 Å². The fourth-order valence-corrected chi connectivity index (χ4v) is 1.77. The van der Waals surface area contributed by atoms with Gasteiger partial charge in [0.25, 0.3) is 0 Å². The number of hydrogen-bond donors (Lipinski definition) is 1. The fraction of sp³-hybridized carbons (Fsp3) is 0.222. The second-order valence-electron chi connectivity index (χ2n) is 2.70. The SMILES string of the molecule is C[C@H](C(=O)O)c1c(Cl)cccc1Cl. The molecule has 1 N–H and O–H groups in total. The summed E-state index contributed by atoms with van der Waals surface area (Å²) in [6.45, 7) is 1.55. The number of carboxylic acids is 1. The van der Waals surface area contributed by atoms with Crippen LogP contribution in [0.25, 0.3) is 0 Å². The summed E-state index contributed by atoms with van der Waals surface area (Å²) in [5, 5.41) is 9.55. The quantitative estimate of drug-likeness (QED) is 0.829. The zero-order chi connectivity index (χ0) is 10.0. The first-order valence-corrected chi connectivity index (χ1v) is 4.46. The molecular weight excluding hydrogens is 211 g/mol. The van der Waals surface area contributed by atoms with Crippen LogP contribution in [0.1, 0.15) is 18.4 Å². The molecule has 0 radical (unpaired) electrons. The first-order chi connectivity index (χ1) is 6.04. The number of hydrogen-bond acceptors (Lipinski definition) is 1. The van der Waals surface area contributed by atoms with Gasteiger partial charge in [-0.25, -0.2) is 0 Å². The van der Waals surface area contributed by atoms with Crippen molar-refractivity contribution >= 4 is 29.2 Å². The van der Waals surface area contributed by atoms with Crippen molar-refractivity contribution in [3.05, 3.63) is 33.8 Å². The second-order valence-corrected chi connectivity index (χ2v) is 3.51. The molecule has 0 saturated carbocycles. The van der Waals surface area contributed by atoms with Crippen molar-refractivity contribution in [3.8, 4) is 0 Å². The zero-order valence-electron chi connectivity index (χ0n) is 6.92. The molecule has 0 aliphatic carbocycles. The highest BCUT2D eigenvalue weighted by Gasteiger charge is 2.19. The summed E-state index contributed by atoms with van der Waals surface area (Å²) in [5.74, 6) is -1.61. The molecule has 1 atom stereocenters. The summed E-state index contributed by atoms with van der Waals surface area (Å²) in [4.78, 5) is 10.7. The number of benzene rings is 1. The summed E-state index contributed by atoms with van der Waals surface area (Å²) >= 11 is 11.6. The third-order valence-electron chi connectivity index (χ3n) is 1.80. The van der Waals surface area contributed by atoms with Crippen LogP contribution in [0.4, 0.5) is 0 Å². The standard InChI is InChI=1S/C9H8Cl2O2/c1-5(9(12)13)8-6(10)3-2-4-7(8)11/h2-5H,1H3,(H,12,13)/t5-/m0/s1. The molecule has 1 rings (SSSR count). The van der Waals surface area contributed by atoms with Crippen molar-refractivity contribution in [2.45, 2.75) is 12.8 Å². The topological polar surface area (TPSA) is 37.3 Å². The Bertz CT molecular complexity index is 316. The second kappa shape index (κ2) is 3.99. The van der Waals surface area contributed by atoms with E-state index in [0.29, 0.717) is 15.6 Å². The van der Waals surface area contributed by atoms with Crippen molar-refractivity contribution in [1.82, 2.24) is 0 Å². The molecule has 0 spiro atoms. The molecular formula is C9H8Cl2O2. The van der Waals surface area contributed by atoms with Crippen LogP contribution in [0.2, 0.25) is 10.0 Å². The lowest BCUT2D eigenvalue weighted by atomic mass is 10.0. The molecule has 2 nitrogen and oxygen atoms in total. The van der Waals surface area contributed by atoms with E-state index in [2.05, 4.69) is 0 Å². The number of carboxylic acid groups (broad SMARTS) is 1. The van der Waals surface area contributed by atoms with E-state index in [1.807, 2.05) is 0 Å². The third kappa shape index (κ3) is 2.14. The van der Waals surface area contributed by atoms with E-state index in [4.69, 9.17) is 28.3 Å². The van der Waals surface area contributed by atoms with Crippen molar-refractivity contribution in [2.24, 2.45) is 0 Å². The predicted molar refractivity (Wildman–Crippen MR) is 52.5 cm³/mol. The Kier molecular flexibility index (Phi) is 3.17. The Balaban J connectivity index is 3.20. The minimum atomic E-state index is -0.935. The number of rotatable bonds is 2. The van der Waals surface area contributed by atoms with Gasteiger partial charge in [0.1, 0.15) is 0 Å². The van der Waals surface area contributed by atoms with E-state index in [1.165, 1.54) is 0 Å². The zero-order valence-corrected chi connectivity index (χ0v) is 8.43. The van der Waals surface area contributed by atoms with Crippen LogP contribution in [0.15, 0.2) is 18.2 Å². The third-order valence-corrected chi connectivity index (χ3v) is 2.46. The molecule has 0 saturated heterocycles. The average molecular weight is 219 g/mol. The van der Waals surface area contributed by atoms with Gasteiger partial charge in [-0.3, -0.25) is 4.79 Å². The number of halogens is 2. The van der Waals surface area contributed by atoms with Crippen LogP contribution in [0.5, 0.6) is 0 Å². The Morgan fingerprint density at radius 1 is 1.38 bits per heavy atom. The van der Waals surface area contributed by atoms with E-state index in [-0.39, 0.29) is 0 Å². The molecule has 0 bridgehead atoms. The van der Waals surface area contributed by atoms with Crippen molar-refractivity contribution in [1.29, 1.82) is 0 Å². The average Bonchev–Trinajstić information content (AvgIpc) is 2.03. The van der Waals surface area contributed by atoms with Crippen molar-refractivity contribution in [3.63, 3.8) is 0 Å². The summed E-state index contributed by atoms with van der Waals surface area (Å²) in [5.41, 5.74) is 0.471. The lowest BCUT2D eigenvalue weighted by Crippen LogP contribution is -2.08. The highest BCUT2D eigenvalue weighted by atomic mass is 35.5. The largest absolute Gasteiger partial charge is 0.481 e. The van der Waals surface area contributed by atoms with Gasteiger partial charge in [-0.2, -0.15) is 0 Å². The Hall–Kier alpha value is -0.730. The van der Waals surface area contributed by atoms with Gasteiger partial charge in [0.15, 0.2) is 0 Å². The number of aliphatic carboxylic acids is 1. The lowest BCUT2D eigenvalue weighted by Gasteiger charge is -2.10. The van der Waals surface area contributed by atoms with E-state index in [1.54, 1.807) is 25.1 Å². The van der Waals surface area contributed by atoms with Crippen LogP contribution in [0, 0.1) is 0 Å². The van der Waals surface area contributed by atoms with E-state index < -0.39 is 11.9 Å². The maximum atomic E-state index is 10.7. The molecule has 0 aromatic heterocycles. The maximum absolute atomic E-state index is 10.7. The Morgan fingerprint density at radius 3 is 2.23 bits per heavy atom. The van der Waals surface area contributed by atoms with Crippen LogP contribution in [-0.2, 0) is 4.79 Å². The predicted octanol–water partition coefficient (Wildman–Crippen LogP) is 3.18. The van der Waals surface area contributed by atoms with E-state index >= 15 is 0 Å². The summed E-state index contributed by atoms with van der Waals surface area (Å²) in [6.07, 6.45) is 0. The smallest absolute Gasteiger partial charge is 0.310 e. The molecule has 0 fully saturated rings. The minimum Gasteiger partial charge on any atom is -0.481 e. The number of carbonyl (C=O) groups is 1. The monoisotopic (exact) mass is 218 g/mol. The van der Waals surface area contributed by atoms with Crippen molar-refractivity contribution < 1.29 is 9.90 Å². The molecule has 70 valence electrons. The van der Waals surface area contributed by atoms with Crippen LogP contribution < -0.4 is 0 Å². The van der Waals surface area contributed by atoms with Gasteiger partial charge in [-0.05, 0) is 19.1 Å². The molecule has 1 aromatic rings. The Morgan fingerprint density at radius 2 is 1.85 bits per heavy atom. The van der Waals surface area contributed by atoms with Gasteiger partial charge < -0.3 is 5.11 Å². The van der Waals surface area contributed by atoms with Gasteiger partial charge in [-0.15, -0.1) is 0 Å². The first kappa shape index (κ1) is 10.4. The summed E-state index contributed by atoms with van der Waals surface area (Å²) < 4.78 is 0. The normalized spacial score (nSPS) is 12.5. The van der Waals surface area contributed by atoms with E-state index in [0.717, 1.165) is 0 Å². The summed E-state index contributed by atoms with van der Waals surface area (Å²) in [7, 11) is 0. The van der Waals surface area contributed by atoms with Gasteiger partial charge >= 0.3 is 5.97 Å². The minimum absolute atomic E-state index is 0.391. The van der Waals surface area contributed by atoms with Gasteiger partial charge in [0, 0.05) is 15.6 Å². The van der Waals surface area contributed by atoms with Gasteiger partial charge in [-0.1, -0.05) is 29.3 Å². The molecule has 0 heterocycles. The van der Waals surface area contributed by atoms with Crippen LogP contribution >= 0.6 is 23.2 Å². The molecule has 13 heavy (non-hydrogen) atoms.